The second-order valence-electron chi connectivity index (χ2n) is 2.78. The first-order valence-corrected chi connectivity index (χ1v) is 4.29. The van der Waals surface area contributed by atoms with Crippen LogP contribution in [-0.2, 0) is 9.53 Å². The van der Waals surface area contributed by atoms with Gasteiger partial charge in [0.15, 0.2) is 0 Å². The Kier molecular flexibility index (Phi) is 3.67. The van der Waals surface area contributed by atoms with E-state index in [1.807, 2.05) is 0 Å². The van der Waals surface area contributed by atoms with Crippen LogP contribution in [0.4, 0.5) is 0 Å². The maximum atomic E-state index is 11.1. The zero-order valence-electron chi connectivity index (χ0n) is 7.84. The summed E-state index contributed by atoms with van der Waals surface area (Å²) >= 11 is 0. The van der Waals surface area contributed by atoms with Gasteiger partial charge in [-0.3, -0.25) is 4.79 Å². The number of carbonyl (C=O) groups is 1. The van der Waals surface area contributed by atoms with Gasteiger partial charge in [-0.05, 0) is 13.0 Å². The van der Waals surface area contributed by atoms with Crippen LogP contribution in [0, 0.1) is 0 Å². The lowest BCUT2D eigenvalue weighted by Crippen LogP contribution is -2.38. The van der Waals surface area contributed by atoms with Gasteiger partial charge < -0.3 is 20.0 Å². The average Bonchev–Trinajstić information content (AvgIpc) is 2.68. The molecule has 5 nitrogen and oxygen atoms in total. The maximum Gasteiger partial charge on any atom is 0.325 e. The quantitative estimate of drug-likeness (QED) is 0.677. The zero-order valence-corrected chi connectivity index (χ0v) is 7.84. The van der Waals surface area contributed by atoms with Crippen LogP contribution in [0.15, 0.2) is 23.0 Å². The molecule has 0 saturated heterocycles. The highest BCUT2D eigenvalue weighted by Crippen LogP contribution is 2.16. The molecule has 2 atom stereocenters. The van der Waals surface area contributed by atoms with Crippen molar-refractivity contribution in [3.63, 3.8) is 0 Å². The van der Waals surface area contributed by atoms with Gasteiger partial charge in [-0.15, -0.1) is 0 Å². The molecule has 0 spiro atoms. The second kappa shape index (κ2) is 4.78. The lowest BCUT2D eigenvalue weighted by molar-refractivity contribution is -0.147. The molecule has 14 heavy (non-hydrogen) atoms. The van der Waals surface area contributed by atoms with E-state index >= 15 is 0 Å². The van der Waals surface area contributed by atoms with Crippen LogP contribution in [0.25, 0.3) is 0 Å². The van der Waals surface area contributed by atoms with Crippen LogP contribution in [0.5, 0.6) is 0 Å². The fourth-order valence-electron chi connectivity index (χ4n) is 1.02. The van der Waals surface area contributed by atoms with E-state index in [1.165, 1.54) is 12.5 Å². The first-order valence-electron chi connectivity index (χ1n) is 4.29. The summed E-state index contributed by atoms with van der Waals surface area (Å²) in [5, 5.41) is 9.59. The normalized spacial score (nSPS) is 14.8. The average molecular weight is 199 g/mol. The van der Waals surface area contributed by atoms with E-state index in [9.17, 15) is 9.90 Å². The van der Waals surface area contributed by atoms with Crippen molar-refractivity contribution in [1.29, 1.82) is 0 Å². The molecule has 0 aliphatic rings. The predicted molar refractivity (Wildman–Crippen MR) is 48.3 cm³/mol. The van der Waals surface area contributed by atoms with Crippen LogP contribution < -0.4 is 5.73 Å². The summed E-state index contributed by atoms with van der Waals surface area (Å²) in [6.07, 6.45) is 1.65. The minimum Gasteiger partial charge on any atom is -0.472 e. The number of ether oxygens (including phenoxy) is 1. The lowest BCUT2D eigenvalue weighted by atomic mass is 10.1. The number of hydrogen-bond acceptors (Lipinski definition) is 5. The molecule has 1 aromatic heterocycles. The molecule has 0 radical (unpaired) electrons. The third-order valence-corrected chi connectivity index (χ3v) is 1.78. The number of rotatable bonds is 4. The van der Waals surface area contributed by atoms with Gasteiger partial charge in [-0.2, -0.15) is 0 Å². The van der Waals surface area contributed by atoms with Crippen LogP contribution in [0.3, 0.4) is 0 Å². The monoisotopic (exact) mass is 199 g/mol. The van der Waals surface area contributed by atoms with E-state index in [1.54, 1.807) is 13.0 Å². The summed E-state index contributed by atoms with van der Waals surface area (Å²) in [6, 6.07) is 0.469. The fourth-order valence-corrected chi connectivity index (χ4v) is 1.02. The SMILES string of the molecule is CCOC(=O)C(N)C(O)c1ccoc1. The second-order valence-corrected chi connectivity index (χ2v) is 2.78. The third kappa shape index (κ3) is 2.34. The van der Waals surface area contributed by atoms with E-state index in [-0.39, 0.29) is 6.61 Å². The highest BCUT2D eigenvalue weighted by atomic mass is 16.5. The Morgan fingerprint density at radius 2 is 2.50 bits per heavy atom. The van der Waals surface area contributed by atoms with Crippen molar-refractivity contribution in [2.75, 3.05) is 6.61 Å². The Hall–Kier alpha value is -1.33. The molecular weight excluding hydrogens is 186 g/mol. The van der Waals surface area contributed by atoms with E-state index in [2.05, 4.69) is 4.74 Å². The Morgan fingerprint density at radius 3 is 3.00 bits per heavy atom. The van der Waals surface area contributed by atoms with Gasteiger partial charge >= 0.3 is 5.97 Å². The minimum atomic E-state index is -1.09. The summed E-state index contributed by atoms with van der Waals surface area (Å²) in [4.78, 5) is 11.1. The van der Waals surface area contributed by atoms with Crippen molar-refractivity contribution in [2.45, 2.75) is 19.1 Å². The zero-order chi connectivity index (χ0) is 10.6. The van der Waals surface area contributed by atoms with Crippen molar-refractivity contribution in [3.8, 4) is 0 Å². The molecule has 0 fully saturated rings. The highest BCUT2D eigenvalue weighted by Gasteiger charge is 2.25. The van der Waals surface area contributed by atoms with Crippen molar-refractivity contribution >= 4 is 5.97 Å². The smallest absolute Gasteiger partial charge is 0.325 e. The summed E-state index contributed by atoms with van der Waals surface area (Å²) in [6.45, 7) is 1.92. The van der Waals surface area contributed by atoms with E-state index in [0.29, 0.717) is 5.56 Å². The van der Waals surface area contributed by atoms with Gasteiger partial charge in [0.05, 0.1) is 19.1 Å². The predicted octanol–water partition coefficient (Wildman–Crippen LogP) is 0.203. The molecule has 1 rings (SSSR count). The molecule has 78 valence electrons. The first-order chi connectivity index (χ1) is 6.66. The van der Waals surface area contributed by atoms with Crippen LogP contribution in [0.1, 0.15) is 18.6 Å². The number of aliphatic hydroxyl groups is 1. The molecule has 0 amide bonds. The molecule has 0 aromatic carbocycles. The van der Waals surface area contributed by atoms with Crippen molar-refractivity contribution in [1.82, 2.24) is 0 Å². The van der Waals surface area contributed by atoms with Gasteiger partial charge in [-0.1, -0.05) is 0 Å². The number of esters is 1. The number of carbonyl (C=O) groups excluding carboxylic acids is 1. The van der Waals surface area contributed by atoms with Crippen molar-refractivity contribution < 1.29 is 19.1 Å². The number of hydrogen-bond donors (Lipinski definition) is 2. The van der Waals surface area contributed by atoms with E-state index in [0.717, 1.165) is 0 Å². The topological polar surface area (TPSA) is 85.7 Å². The van der Waals surface area contributed by atoms with Gasteiger partial charge in [0.25, 0.3) is 0 Å². The fraction of sp³-hybridized carbons (Fsp3) is 0.444. The molecule has 0 bridgehead atoms. The Morgan fingerprint density at radius 1 is 1.79 bits per heavy atom. The largest absolute Gasteiger partial charge is 0.472 e. The molecule has 0 saturated carbocycles. The molecule has 1 heterocycles. The summed E-state index contributed by atoms with van der Waals surface area (Å²) in [5.41, 5.74) is 5.94. The van der Waals surface area contributed by atoms with E-state index < -0.39 is 18.1 Å². The summed E-state index contributed by atoms with van der Waals surface area (Å²) in [7, 11) is 0. The Bertz CT molecular complexity index is 283. The van der Waals surface area contributed by atoms with Crippen LogP contribution in [-0.4, -0.2) is 23.7 Å². The van der Waals surface area contributed by atoms with Gasteiger partial charge in [0.2, 0.25) is 0 Å². The number of nitrogens with two attached hydrogens (primary N) is 1. The van der Waals surface area contributed by atoms with Crippen molar-refractivity contribution in [2.24, 2.45) is 5.73 Å². The van der Waals surface area contributed by atoms with Crippen LogP contribution >= 0.6 is 0 Å². The van der Waals surface area contributed by atoms with E-state index in [4.69, 9.17) is 10.2 Å². The molecule has 3 N–H and O–H groups in total. The van der Waals surface area contributed by atoms with Crippen molar-refractivity contribution in [3.05, 3.63) is 24.2 Å². The molecular formula is C9H13NO4. The standard InChI is InChI=1S/C9H13NO4/c1-2-14-9(12)7(10)8(11)6-3-4-13-5-6/h3-5,7-8,11H,2,10H2,1H3. The summed E-state index contributed by atoms with van der Waals surface area (Å²) in [5.74, 6) is -0.624. The van der Waals surface area contributed by atoms with Gasteiger partial charge in [-0.25, -0.2) is 0 Å². The Balaban J connectivity index is 2.61. The van der Waals surface area contributed by atoms with Crippen LogP contribution in [0.2, 0.25) is 0 Å². The lowest BCUT2D eigenvalue weighted by Gasteiger charge is -2.15. The third-order valence-electron chi connectivity index (χ3n) is 1.78. The Labute approximate surface area is 81.5 Å². The molecule has 2 unspecified atom stereocenters. The first kappa shape index (κ1) is 10.7. The summed E-state index contributed by atoms with van der Waals surface area (Å²) < 4.78 is 9.43. The van der Waals surface area contributed by atoms with Gasteiger partial charge in [0.1, 0.15) is 12.1 Å². The molecule has 5 heteroatoms. The minimum absolute atomic E-state index is 0.241. The molecule has 0 aliphatic heterocycles. The highest BCUT2D eigenvalue weighted by molar-refractivity contribution is 5.76. The number of furan rings is 1. The molecule has 1 aromatic rings. The maximum absolute atomic E-state index is 11.1. The molecule has 0 aliphatic carbocycles. The number of aliphatic hydroxyl groups excluding tert-OH is 1. The van der Waals surface area contributed by atoms with Gasteiger partial charge in [0, 0.05) is 5.56 Å².